The quantitative estimate of drug-likeness (QED) is 0.353. The van der Waals surface area contributed by atoms with Gasteiger partial charge in [0.05, 0.1) is 10.0 Å². The lowest BCUT2D eigenvalue weighted by molar-refractivity contribution is 0.315. The van der Waals surface area contributed by atoms with Crippen molar-refractivity contribution in [1.29, 1.82) is 5.26 Å². The van der Waals surface area contributed by atoms with Crippen molar-refractivity contribution in [1.82, 2.24) is 0 Å². The Hall–Kier alpha value is -2.51. The number of benzene rings is 3. The fourth-order valence-corrected chi connectivity index (χ4v) is 4.08. The molecule has 5 heteroatoms. The molecule has 0 aliphatic carbocycles. The minimum absolute atomic E-state index is 0.404. The molecule has 4 rings (SSSR count). The van der Waals surface area contributed by atoms with Crippen molar-refractivity contribution in [2.24, 2.45) is 0 Å². The van der Waals surface area contributed by atoms with Gasteiger partial charge in [-0.2, -0.15) is 5.26 Å². The van der Waals surface area contributed by atoms with Crippen LogP contribution in [0.25, 0.3) is 21.9 Å². The zero-order valence-electron chi connectivity index (χ0n) is 14.1. The van der Waals surface area contributed by atoms with Gasteiger partial charge in [0.1, 0.15) is 18.2 Å². The van der Waals surface area contributed by atoms with Crippen LogP contribution >= 0.6 is 34.5 Å². The Morgan fingerprint density at radius 3 is 2.52 bits per heavy atom. The molecule has 1 aromatic heterocycles. The van der Waals surface area contributed by atoms with E-state index >= 15 is 0 Å². The summed E-state index contributed by atoms with van der Waals surface area (Å²) in [6.07, 6.45) is 0. The molecule has 0 bridgehead atoms. The molecule has 0 spiro atoms. The molecule has 4 aromatic rings. The molecular formula is C22H13Cl2NOS. The fraction of sp³-hybridized carbons (Fsp3) is 0.0455. The summed E-state index contributed by atoms with van der Waals surface area (Å²) in [5.41, 5.74) is 3.22. The second-order valence-electron chi connectivity index (χ2n) is 6.02. The summed E-state index contributed by atoms with van der Waals surface area (Å²) in [6.45, 7) is 0.404. The molecule has 1 heterocycles. The van der Waals surface area contributed by atoms with E-state index in [4.69, 9.17) is 27.9 Å². The average Bonchev–Trinajstić information content (AvgIpc) is 3.11. The number of hydrogen-bond acceptors (Lipinski definition) is 3. The Balaban J connectivity index is 1.59. The Kier molecular flexibility index (Phi) is 5.05. The van der Waals surface area contributed by atoms with Gasteiger partial charge in [-0.25, -0.2) is 0 Å². The normalized spacial score (nSPS) is 10.7. The third-order valence-electron chi connectivity index (χ3n) is 4.28. The van der Waals surface area contributed by atoms with E-state index in [1.54, 1.807) is 12.1 Å². The standard InChI is InChI=1S/C22H13Cl2NOS/c23-20-8-7-17(10-21(20)24)19-13-27-22(18(19)11-25)26-12-14-5-6-15-3-1-2-4-16(15)9-14/h1-10,13H,12H2. The van der Waals surface area contributed by atoms with E-state index in [0.717, 1.165) is 16.7 Å². The molecule has 3 aromatic carbocycles. The first kappa shape index (κ1) is 17.9. The van der Waals surface area contributed by atoms with Gasteiger partial charge in [-0.3, -0.25) is 0 Å². The van der Waals surface area contributed by atoms with Crippen LogP contribution in [0.1, 0.15) is 11.1 Å². The highest BCUT2D eigenvalue weighted by molar-refractivity contribution is 7.12. The summed E-state index contributed by atoms with van der Waals surface area (Å²) in [6, 6.07) is 22.0. The van der Waals surface area contributed by atoms with Gasteiger partial charge < -0.3 is 4.74 Å². The Morgan fingerprint density at radius 2 is 1.74 bits per heavy atom. The number of fused-ring (bicyclic) bond motifs is 1. The maximum Gasteiger partial charge on any atom is 0.192 e. The van der Waals surface area contributed by atoms with Crippen molar-refractivity contribution in [3.05, 3.63) is 87.2 Å². The molecule has 2 nitrogen and oxygen atoms in total. The van der Waals surface area contributed by atoms with E-state index in [2.05, 4.69) is 30.3 Å². The van der Waals surface area contributed by atoms with Crippen LogP contribution in [0.3, 0.4) is 0 Å². The first-order chi connectivity index (χ1) is 13.2. The van der Waals surface area contributed by atoms with Crippen LogP contribution in [-0.4, -0.2) is 0 Å². The summed E-state index contributed by atoms with van der Waals surface area (Å²) in [5.74, 6) is 0. The Labute approximate surface area is 171 Å². The van der Waals surface area contributed by atoms with Crippen LogP contribution in [0, 0.1) is 11.3 Å². The zero-order chi connectivity index (χ0) is 18.8. The van der Waals surface area contributed by atoms with Crippen molar-refractivity contribution in [3.63, 3.8) is 0 Å². The smallest absolute Gasteiger partial charge is 0.192 e. The van der Waals surface area contributed by atoms with Crippen LogP contribution in [0.15, 0.2) is 66.0 Å². The highest BCUT2D eigenvalue weighted by atomic mass is 35.5. The van der Waals surface area contributed by atoms with Crippen molar-refractivity contribution in [3.8, 4) is 22.3 Å². The summed E-state index contributed by atoms with van der Waals surface area (Å²) in [5, 5.41) is 15.5. The van der Waals surface area contributed by atoms with Gasteiger partial charge >= 0.3 is 0 Å². The van der Waals surface area contributed by atoms with E-state index in [0.29, 0.717) is 27.3 Å². The van der Waals surface area contributed by atoms with Crippen molar-refractivity contribution >= 4 is 45.3 Å². The predicted octanol–water partition coefficient (Wildman–Crippen LogP) is 7.33. The van der Waals surface area contributed by atoms with Crippen LogP contribution in [0.5, 0.6) is 5.06 Å². The molecule has 0 aliphatic heterocycles. The van der Waals surface area contributed by atoms with Crippen LogP contribution in [-0.2, 0) is 6.61 Å². The van der Waals surface area contributed by atoms with E-state index < -0.39 is 0 Å². The second-order valence-corrected chi connectivity index (χ2v) is 7.68. The van der Waals surface area contributed by atoms with Gasteiger partial charge in [-0.15, -0.1) is 11.3 Å². The monoisotopic (exact) mass is 409 g/mol. The molecule has 0 aliphatic rings. The highest BCUT2D eigenvalue weighted by Gasteiger charge is 2.15. The molecule has 0 atom stereocenters. The molecule has 0 saturated carbocycles. The molecule has 0 fully saturated rings. The predicted molar refractivity (Wildman–Crippen MR) is 113 cm³/mol. The second kappa shape index (κ2) is 7.62. The number of nitriles is 1. The number of hydrogen-bond donors (Lipinski definition) is 0. The summed E-state index contributed by atoms with van der Waals surface area (Å²) < 4.78 is 5.96. The minimum Gasteiger partial charge on any atom is -0.478 e. The van der Waals surface area contributed by atoms with Crippen molar-refractivity contribution in [2.75, 3.05) is 0 Å². The van der Waals surface area contributed by atoms with Gasteiger partial charge in [0.25, 0.3) is 0 Å². The van der Waals surface area contributed by atoms with E-state index in [1.807, 2.05) is 29.6 Å². The summed E-state index contributed by atoms with van der Waals surface area (Å²) >= 11 is 13.5. The number of rotatable bonds is 4. The van der Waals surface area contributed by atoms with Crippen molar-refractivity contribution in [2.45, 2.75) is 6.61 Å². The fourth-order valence-electron chi connectivity index (χ4n) is 2.91. The van der Waals surface area contributed by atoms with E-state index in [-0.39, 0.29) is 0 Å². The molecule has 0 N–H and O–H groups in total. The Morgan fingerprint density at radius 1 is 0.926 bits per heavy atom. The SMILES string of the molecule is N#Cc1c(-c2ccc(Cl)c(Cl)c2)csc1OCc1ccc2ccccc2c1. The molecule has 27 heavy (non-hydrogen) atoms. The minimum atomic E-state index is 0.404. The van der Waals surface area contributed by atoms with Gasteiger partial charge in [0.15, 0.2) is 5.06 Å². The van der Waals surface area contributed by atoms with Gasteiger partial charge in [0, 0.05) is 10.9 Å². The maximum absolute atomic E-state index is 9.63. The summed E-state index contributed by atoms with van der Waals surface area (Å²) in [7, 11) is 0. The Bertz CT molecular complexity index is 1180. The number of nitrogens with zero attached hydrogens (tertiary/aromatic N) is 1. The number of thiophene rings is 1. The number of ether oxygens (including phenoxy) is 1. The summed E-state index contributed by atoms with van der Waals surface area (Å²) in [4.78, 5) is 0. The first-order valence-corrected chi connectivity index (χ1v) is 9.87. The van der Waals surface area contributed by atoms with Crippen molar-refractivity contribution < 1.29 is 4.74 Å². The first-order valence-electron chi connectivity index (χ1n) is 8.23. The molecule has 0 unspecified atom stereocenters. The van der Waals surface area contributed by atoms with E-state index in [9.17, 15) is 5.26 Å². The van der Waals surface area contributed by atoms with Gasteiger partial charge in [-0.05, 0) is 40.1 Å². The highest BCUT2D eigenvalue weighted by Crippen LogP contribution is 2.39. The lowest BCUT2D eigenvalue weighted by Gasteiger charge is -2.07. The lowest BCUT2D eigenvalue weighted by atomic mass is 10.1. The van der Waals surface area contributed by atoms with Crippen LogP contribution < -0.4 is 4.74 Å². The van der Waals surface area contributed by atoms with Gasteiger partial charge in [0.2, 0.25) is 0 Å². The largest absolute Gasteiger partial charge is 0.478 e. The third-order valence-corrected chi connectivity index (χ3v) is 5.91. The topological polar surface area (TPSA) is 33.0 Å². The molecular weight excluding hydrogens is 397 g/mol. The van der Waals surface area contributed by atoms with Crippen LogP contribution in [0.2, 0.25) is 10.0 Å². The average molecular weight is 410 g/mol. The maximum atomic E-state index is 9.63. The molecule has 0 amide bonds. The van der Waals surface area contributed by atoms with E-state index in [1.165, 1.54) is 22.1 Å². The third kappa shape index (κ3) is 3.65. The zero-order valence-corrected chi connectivity index (χ0v) is 16.4. The molecule has 0 radical (unpaired) electrons. The molecule has 0 saturated heterocycles. The van der Waals surface area contributed by atoms with Crippen LogP contribution in [0.4, 0.5) is 0 Å². The lowest BCUT2D eigenvalue weighted by Crippen LogP contribution is -1.95. The molecule has 132 valence electrons. The number of halogens is 2. The van der Waals surface area contributed by atoms with Gasteiger partial charge in [-0.1, -0.05) is 65.7 Å².